The molecule has 3 aliphatic rings. The number of nitrogens with zero attached hydrogens (tertiary/aromatic N) is 5. The molecule has 4 heterocycles. The molecule has 2 N–H and O–H groups in total. The van der Waals surface area contributed by atoms with Crippen LogP contribution in [0.3, 0.4) is 0 Å². The topological polar surface area (TPSA) is 108 Å². The van der Waals surface area contributed by atoms with Crippen LogP contribution in [0, 0.1) is 5.92 Å². The maximum Gasteiger partial charge on any atom is 0.228 e. The Morgan fingerprint density at radius 1 is 1.03 bits per heavy atom. The molecule has 1 saturated heterocycles. The molecule has 10 heteroatoms. The number of aromatic amines is 1. The highest BCUT2D eigenvalue weighted by Gasteiger charge is 2.28. The predicted octanol–water partition coefficient (Wildman–Crippen LogP) is 3.42. The number of pyridine rings is 1. The maximum absolute atomic E-state index is 10.6. The van der Waals surface area contributed by atoms with E-state index in [2.05, 4.69) is 56.1 Å². The lowest BCUT2D eigenvalue weighted by Gasteiger charge is -2.28. The molecule has 10 nitrogen and oxygen atoms in total. The van der Waals surface area contributed by atoms with Gasteiger partial charge < -0.3 is 29.6 Å². The number of nitrogens with one attached hydrogen (secondary N) is 2. The van der Waals surface area contributed by atoms with Gasteiger partial charge in [0.15, 0.2) is 0 Å². The minimum atomic E-state index is 0.204. The molecule has 2 saturated carbocycles. The summed E-state index contributed by atoms with van der Waals surface area (Å²) in [5.41, 5.74) is 2.17. The lowest BCUT2D eigenvalue weighted by molar-refractivity contribution is -0.105. The van der Waals surface area contributed by atoms with E-state index in [9.17, 15) is 4.79 Å². The van der Waals surface area contributed by atoms with Crippen molar-refractivity contribution in [3.8, 4) is 22.9 Å². The number of methoxy groups -OCH3 is 1. The Morgan fingerprint density at radius 3 is 2.22 bits per heavy atom. The fourth-order valence-electron chi connectivity index (χ4n) is 3.60. The number of ether oxygens (including phenoxy) is 2. The molecule has 2 aliphatic carbocycles. The highest BCUT2D eigenvalue weighted by atomic mass is 16.5. The largest absolute Gasteiger partial charge is 0.480 e. The van der Waals surface area contributed by atoms with Crippen molar-refractivity contribution in [1.29, 1.82) is 0 Å². The first-order valence-corrected chi connectivity index (χ1v) is 12.6. The number of hydrogen-bond acceptors (Lipinski definition) is 8. The first kappa shape index (κ1) is 25.8. The van der Waals surface area contributed by atoms with Crippen molar-refractivity contribution in [2.75, 3.05) is 52.7 Å². The minimum absolute atomic E-state index is 0.204. The van der Waals surface area contributed by atoms with Gasteiger partial charge in [0.25, 0.3) is 0 Å². The van der Waals surface area contributed by atoms with Gasteiger partial charge in [-0.1, -0.05) is 19.8 Å². The van der Waals surface area contributed by atoms with Gasteiger partial charge in [-0.25, -0.2) is 15.0 Å². The number of likely N-dealkylation sites (N-methyl/N-ethyl adjacent to an activating group) is 2. The molecule has 6 rings (SSSR count). The highest BCUT2D eigenvalue weighted by Crippen LogP contribution is 2.41. The molecule has 3 aromatic heterocycles. The molecule has 0 bridgehead atoms. The molecule has 1 aliphatic heterocycles. The Balaban J connectivity index is 0.000000208. The van der Waals surface area contributed by atoms with Crippen LogP contribution in [0.4, 0.5) is 5.82 Å². The van der Waals surface area contributed by atoms with Gasteiger partial charge in [-0.3, -0.25) is 4.79 Å². The number of fused-ring (bicyclic) bond motifs is 1. The maximum atomic E-state index is 10.6. The lowest BCUT2D eigenvalue weighted by atomic mass is 10.1. The van der Waals surface area contributed by atoms with Crippen molar-refractivity contribution in [3.05, 3.63) is 24.7 Å². The highest BCUT2D eigenvalue weighted by molar-refractivity contribution is 5.97. The Morgan fingerprint density at radius 2 is 1.67 bits per heavy atom. The molecule has 0 unspecified atom stereocenters. The Bertz CT molecular complexity index is 1130. The number of hydrogen-bond donors (Lipinski definition) is 2. The fraction of sp³-hybridized carbons (Fsp3) is 0.538. The van der Waals surface area contributed by atoms with Crippen molar-refractivity contribution in [1.82, 2.24) is 29.7 Å². The number of carbonyl (C=O) groups excluding carboxylic acids is 1. The van der Waals surface area contributed by atoms with Crippen LogP contribution in [0.15, 0.2) is 24.7 Å². The average Bonchev–Trinajstić information content (AvgIpc) is 3.82. The van der Waals surface area contributed by atoms with Gasteiger partial charge in [0.2, 0.25) is 18.2 Å². The molecule has 0 atom stereocenters. The average molecular weight is 496 g/mol. The summed E-state index contributed by atoms with van der Waals surface area (Å²) in [4.78, 5) is 31.2. The van der Waals surface area contributed by atoms with Gasteiger partial charge in [0, 0.05) is 43.3 Å². The van der Waals surface area contributed by atoms with Crippen LogP contribution in [0.2, 0.25) is 0 Å². The van der Waals surface area contributed by atoms with E-state index in [0.717, 1.165) is 29.7 Å². The van der Waals surface area contributed by atoms with Crippen LogP contribution in [0.5, 0.6) is 11.8 Å². The second kappa shape index (κ2) is 12.1. The van der Waals surface area contributed by atoms with E-state index >= 15 is 0 Å². The normalized spacial score (nSPS) is 17.9. The van der Waals surface area contributed by atoms with Crippen molar-refractivity contribution < 1.29 is 14.3 Å². The summed E-state index contributed by atoms with van der Waals surface area (Å²) in [6, 6.07) is 3.60. The van der Waals surface area contributed by atoms with E-state index in [1.54, 1.807) is 13.2 Å². The number of carbonyl (C=O) groups is 1. The molecule has 1 amide bonds. The monoisotopic (exact) mass is 495 g/mol. The molecule has 36 heavy (non-hydrogen) atoms. The summed E-state index contributed by atoms with van der Waals surface area (Å²) in [5, 5.41) is 3.39. The van der Waals surface area contributed by atoms with Crippen molar-refractivity contribution in [2.24, 2.45) is 5.92 Å². The van der Waals surface area contributed by atoms with Crippen LogP contribution >= 0.6 is 0 Å². The zero-order chi connectivity index (χ0) is 25.5. The van der Waals surface area contributed by atoms with Gasteiger partial charge in [0.05, 0.1) is 7.11 Å². The molecule has 194 valence electrons. The third kappa shape index (κ3) is 7.14. The van der Waals surface area contributed by atoms with Gasteiger partial charge in [0.1, 0.15) is 29.5 Å². The van der Waals surface area contributed by atoms with E-state index in [1.165, 1.54) is 45.3 Å². The van der Waals surface area contributed by atoms with Crippen molar-refractivity contribution in [2.45, 2.75) is 38.7 Å². The van der Waals surface area contributed by atoms with Gasteiger partial charge in [-0.2, -0.15) is 0 Å². The van der Waals surface area contributed by atoms with Gasteiger partial charge in [-0.15, -0.1) is 0 Å². The van der Waals surface area contributed by atoms with Crippen LogP contribution in [-0.4, -0.2) is 89.6 Å². The summed E-state index contributed by atoms with van der Waals surface area (Å²) in [6.45, 7) is 7.21. The van der Waals surface area contributed by atoms with Crippen LogP contribution in [-0.2, 0) is 4.79 Å². The number of anilines is 1. The van der Waals surface area contributed by atoms with E-state index in [1.807, 2.05) is 12.3 Å². The zero-order valence-electron chi connectivity index (χ0n) is 21.7. The molecule has 3 aromatic rings. The third-order valence-electron chi connectivity index (χ3n) is 6.38. The lowest BCUT2D eigenvalue weighted by Crippen LogP contribution is -2.42. The Hall–Kier alpha value is -3.24. The van der Waals surface area contributed by atoms with E-state index < -0.39 is 0 Å². The van der Waals surface area contributed by atoms with Crippen LogP contribution < -0.4 is 14.8 Å². The smallest absolute Gasteiger partial charge is 0.228 e. The summed E-state index contributed by atoms with van der Waals surface area (Å²) >= 11 is 0. The minimum Gasteiger partial charge on any atom is -0.480 e. The van der Waals surface area contributed by atoms with Gasteiger partial charge in [-0.05, 0) is 45.0 Å². The molecular weight excluding hydrogens is 458 g/mol. The summed E-state index contributed by atoms with van der Waals surface area (Å²) < 4.78 is 11.3. The van der Waals surface area contributed by atoms with Crippen molar-refractivity contribution in [3.63, 3.8) is 0 Å². The molecule has 3 fully saturated rings. The molecule has 0 aromatic carbocycles. The number of amides is 1. The SMILES string of the molecule is CC1CC1.CN1CCN(C)CC1.COc1ncnc(OC2CC2)c1-c1c[nH]c2nc(NC=O)ccc12. The zero-order valence-corrected chi connectivity index (χ0v) is 21.7. The third-order valence-corrected chi connectivity index (χ3v) is 6.38. The predicted molar refractivity (Wildman–Crippen MR) is 140 cm³/mol. The van der Waals surface area contributed by atoms with Crippen molar-refractivity contribution >= 4 is 23.3 Å². The number of H-pyrrole nitrogens is 1. The summed E-state index contributed by atoms with van der Waals surface area (Å²) in [6.07, 6.45) is 9.06. The summed E-state index contributed by atoms with van der Waals surface area (Å²) in [5.74, 6) is 2.49. The Labute approximate surface area is 212 Å². The van der Waals surface area contributed by atoms with E-state index in [-0.39, 0.29) is 6.10 Å². The first-order chi connectivity index (χ1) is 17.5. The second-order valence-corrected chi connectivity index (χ2v) is 9.73. The number of rotatable bonds is 6. The van der Waals surface area contributed by atoms with Gasteiger partial charge >= 0.3 is 0 Å². The fourth-order valence-corrected chi connectivity index (χ4v) is 3.60. The number of aromatic nitrogens is 4. The molecular formula is C26H37N7O3. The van der Waals surface area contributed by atoms with E-state index in [0.29, 0.717) is 35.2 Å². The summed E-state index contributed by atoms with van der Waals surface area (Å²) in [7, 11) is 5.91. The second-order valence-electron chi connectivity index (χ2n) is 9.73. The van der Waals surface area contributed by atoms with Crippen LogP contribution in [0.25, 0.3) is 22.2 Å². The van der Waals surface area contributed by atoms with E-state index in [4.69, 9.17) is 9.47 Å². The molecule has 0 spiro atoms. The number of piperazine rings is 1. The standard InChI is InChI=1S/C16H15N5O3.C6H14N2.C4H8/c1-23-15-13(16(19-7-18-15)24-9-2-3-9)11-6-17-14-10(11)4-5-12(21-14)20-8-22;1-7-3-5-8(2)6-4-7;1-4-2-3-4/h4-9H,2-3H2,1H3,(H2,17,20,21,22);3-6H2,1-2H3;4H,2-3H2,1H3. The quantitative estimate of drug-likeness (QED) is 0.501. The van der Waals surface area contributed by atoms with Crippen LogP contribution in [0.1, 0.15) is 32.6 Å². The first-order valence-electron chi connectivity index (χ1n) is 12.6. The Kier molecular flexibility index (Phi) is 8.71. The molecule has 0 radical (unpaired) electrons.